The average Bonchev–Trinajstić information content (AvgIpc) is 3.03. The summed E-state index contributed by atoms with van der Waals surface area (Å²) >= 11 is 0. The molecule has 2 aromatic rings. The van der Waals surface area contributed by atoms with Crippen LogP contribution in [0.25, 0.3) is 0 Å². The molecule has 0 spiro atoms. The largest absolute Gasteiger partial charge is 0.384 e. The highest BCUT2D eigenvalue weighted by Gasteiger charge is 2.10. The zero-order chi connectivity index (χ0) is 14.9. The molecule has 0 radical (unpaired) electrons. The second kappa shape index (κ2) is 7.98. The second-order valence-corrected chi connectivity index (χ2v) is 4.62. The molecule has 0 saturated heterocycles. The van der Waals surface area contributed by atoms with E-state index in [0.717, 1.165) is 31.6 Å². The molecule has 0 fully saturated rings. The number of nitrogens with one attached hydrogen (secondary N) is 2. The maximum atomic E-state index is 12.2. The third-order valence-electron chi connectivity index (χ3n) is 2.95. The minimum absolute atomic E-state index is 0.111. The van der Waals surface area contributed by atoms with Crippen LogP contribution >= 0.6 is 0 Å². The number of nitrogens with zero attached hydrogens (tertiary/aromatic N) is 4. The lowest BCUT2D eigenvalue weighted by Crippen LogP contribution is -2.26. The van der Waals surface area contributed by atoms with Crippen LogP contribution in [0, 0.1) is 0 Å². The molecule has 2 N–H and O–H groups in total. The van der Waals surface area contributed by atoms with Gasteiger partial charge >= 0.3 is 0 Å². The van der Waals surface area contributed by atoms with E-state index in [4.69, 9.17) is 0 Å². The summed E-state index contributed by atoms with van der Waals surface area (Å²) in [7, 11) is 0. The fourth-order valence-electron chi connectivity index (χ4n) is 1.88. The van der Waals surface area contributed by atoms with Gasteiger partial charge < -0.3 is 10.6 Å². The predicted octanol–water partition coefficient (Wildman–Crippen LogP) is 1.32. The Labute approximate surface area is 123 Å². The summed E-state index contributed by atoms with van der Waals surface area (Å²) in [6.07, 6.45) is 8.51. The Morgan fingerprint density at radius 2 is 2.24 bits per heavy atom. The zero-order valence-electron chi connectivity index (χ0n) is 12.1. The molecular weight excluding hydrogens is 268 g/mol. The van der Waals surface area contributed by atoms with E-state index >= 15 is 0 Å². The van der Waals surface area contributed by atoms with Crippen LogP contribution in [0.15, 0.2) is 30.9 Å². The van der Waals surface area contributed by atoms with Crippen LogP contribution in [0.1, 0.15) is 30.1 Å². The molecule has 0 aliphatic heterocycles. The van der Waals surface area contributed by atoms with Crippen molar-refractivity contribution in [1.82, 2.24) is 25.3 Å². The molecule has 2 heterocycles. The molecule has 2 aromatic heterocycles. The highest BCUT2D eigenvalue weighted by Crippen LogP contribution is 2.13. The maximum Gasteiger partial charge on any atom is 0.254 e. The Morgan fingerprint density at radius 3 is 3.00 bits per heavy atom. The minimum Gasteiger partial charge on any atom is -0.384 e. The van der Waals surface area contributed by atoms with Gasteiger partial charge in [-0.1, -0.05) is 12.1 Å². The van der Waals surface area contributed by atoms with E-state index in [2.05, 4.69) is 32.9 Å². The van der Waals surface area contributed by atoms with Gasteiger partial charge in [0.1, 0.15) is 0 Å². The molecule has 0 aliphatic rings. The molecule has 7 heteroatoms. The van der Waals surface area contributed by atoms with E-state index in [0.29, 0.717) is 12.1 Å². The number of aryl methyl sites for hydroxylation is 1. The summed E-state index contributed by atoms with van der Waals surface area (Å²) in [5.41, 5.74) is 1.40. The first-order valence-electron chi connectivity index (χ1n) is 7.11. The lowest BCUT2D eigenvalue weighted by Gasteiger charge is -2.11. The lowest BCUT2D eigenvalue weighted by molar-refractivity contribution is 0.0953. The number of aromatic nitrogens is 4. The van der Waals surface area contributed by atoms with Gasteiger partial charge in [-0.3, -0.25) is 14.5 Å². The van der Waals surface area contributed by atoms with Crippen molar-refractivity contribution in [3.63, 3.8) is 0 Å². The summed E-state index contributed by atoms with van der Waals surface area (Å²) in [6, 6.07) is 1.82. The number of anilines is 1. The van der Waals surface area contributed by atoms with E-state index in [1.165, 1.54) is 0 Å². The molecule has 0 atom stereocenters. The molecule has 0 aromatic carbocycles. The third-order valence-corrected chi connectivity index (χ3v) is 2.95. The van der Waals surface area contributed by atoms with Gasteiger partial charge in [0.2, 0.25) is 0 Å². The fourth-order valence-corrected chi connectivity index (χ4v) is 1.88. The second-order valence-electron chi connectivity index (χ2n) is 4.62. The highest BCUT2D eigenvalue weighted by atomic mass is 16.1. The molecular formula is C14H20N6O. The van der Waals surface area contributed by atoms with Gasteiger partial charge in [-0.25, -0.2) is 0 Å². The number of carbonyl (C=O) groups is 1. The number of amides is 1. The zero-order valence-corrected chi connectivity index (χ0v) is 12.1. The first-order valence-corrected chi connectivity index (χ1v) is 7.11. The topological polar surface area (TPSA) is 84.7 Å². The lowest BCUT2D eigenvalue weighted by atomic mass is 10.2. The molecule has 7 nitrogen and oxygen atoms in total. The van der Waals surface area contributed by atoms with E-state index in [-0.39, 0.29) is 5.91 Å². The highest BCUT2D eigenvalue weighted by molar-refractivity contribution is 5.99. The summed E-state index contributed by atoms with van der Waals surface area (Å²) in [6.45, 7) is 4.23. The summed E-state index contributed by atoms with van der Waals surface area (Å²) in [5.74, 6) is -0.111. The number of hydrogen-bond acceptors (Lipinski definition) is 5. The Hall–Kier alpha value is -2.44. The van der Waals surface area contributed by atoms with E-state index in [9.17, 15) is 4.79 Å². The third kappa shape index (κ3) is 4.55. The van der Waals surface area contributed by atoms with Crippen molar-refractivity contribution < 1.29 is 4.79 Å². The van der Waals surface area contributed by atoms with Crippen LogP contribution in [0.5, 0.6) is 0 Å². The molecule has 1 amide bonds. The minimum atomic E-state index is -0.111. The van der Waals surface area contributed by atoms with Gasteiger partial charge in [0, 0.05) is 38.2 Å². The molecule has 21 heavy (non-hydrogen) atoms. The van der Waals surface area contributed by atoms with Crippen LogP contribution in [-0.2, 0) is 6.54 Å². The molecule has 0 unspecified atom stereocenters. The first kappa shape index (κ1) is 15.0. The molecule has 0 saturated carbocycles. The average molecular weight is 288 g/mol. The fraction of sp³-hybridized carbons (Fsp3) is 0.429. The van der Waals surface area contributed by atoms with Gasteiger partial charge in [0.15, 0.2) is 0 Å². The molecule has 0 aliphatic carbocycles. The van der Waals surface area contributed by atoms with E-state index in [1.54, 1.807) is 29.5 Å². The van der Waals surface area contributed by atoms with Gasteiger partial charge in [-0.15, -0.1) is 5.10 Å². The Kier molecular flexibility index (Phi) is 5.69. The predicted molar refractivity (Wildman–Crippen MR) is 80.0 cm³/mol. The van der Waals surface area contributed by atoms with E-state index in [1.807, 2.05) is 6.07 Å². The van der Waals surface area contributed by atoms with Crippen LogP contribution in [0.3, 0.4) is 0 Å². The van der Waals surface area contributed by atoms with Crippen molar-refractivity contribution in [2.45, 2.75) is 26.3 Å². The van der Waals surface area contributed by atoms with Gasteiger partial charge in [-0.05, 0) is 18.9 Å². The smallest absolute Gasteiger partial charge is 0.254 e. The number of carbonyl (C=O) groups excluding carboxylic acids is 1. The van der Waals surface area contributed by atoms with Gasteiger partial charge in [0.25, 0.3) is 5.91 Å². The standard InChI is InChI=1S/C14H20N6O/c1-2-5-16-13-4-7-15-11-12(13)14(21)17-6-3-9-20-10-8-18-19-20/h4,7-8,10-11H,2-3,5-6,9H2,1H3,(H,15,16)(H,17,21). The van der Waals surface area contributed by atoms with Crippen molar-refractivity contribution >= 4 is 11.6 Å². The Bertz CT molecular complexity index is 554. The molecule has 112 valence electrons. The molecule has 2 rings (SSSR count). The monoisotopic (exact) mass is 288 g/mol. The van der Waals surface area contributed by atoms with Crippen LogP contribution in [0.4, 0.5) is 5.69 Å². The van der Waals surface area contributed by atoms with E-state index < -0.39 is 0 Å². The number of pyridine rings is 1. The summed E-state index contributed by atoms with van der Waals surface area (Å²) in [5, 5.41) is 13.7. The number of rotatable bonds is 8. The Morgan fingerprint density at radius 1 is 1.33 bits per heavy atom. The van der Waals surface area contributed by atoms with Crippen molar-refractivity contribution in [1.29, 1.82) is 0 Å². The van der Waals surface area contributed by atoms with Crippen molar-refractivity contribution in [3.05, 3.63) is 36.4 Å². The SMILES string of the molecule is CCCNc1ccncc1C(=O)NCCCn1ccnn1. The maximum absolute atomic E-state index is 12.2. The van der Waals surface area contributed by atoms with Gasteiger partial charge in [-0.2, -0.15) is 0 Å². The normalized spacial score (nSPS) is 10.3. The van der Waals surface area contributed by atoms with Crippen LogP contribution in [0.2, 0.25) is 0 Å². The quantitative estimate of drug-likeness (QED) is 0.716. The van der Waals surface area contributed by atoms with Crippen LogP contribution in [-0.4, -0.2) is 39.0 Å². The van der Waals surface area contributed by atoms with Gasteiger partial charge in [0.05, 0.1) is 17.4 Å². The summed E-state index contributed by atoms with van der Waals surface area (Å²) < 4.78 is 1.74. The first-order chi connectivity index (χ1) is 10.3. The Balaban J connectivity index is 1.82. The summed E-state index contributed by atoms with van der Waals surface area (Å²) in [4.78, 5) is 16.2. The van der Waals surface area contributed by atoms with Crippen molar-refractivity contribution in [2.24, 2.45) is 0 Å². The van der Waals surface area contributed by atoms with Crippen LogP contribution < -0.4 is 10.6 Å². The molecule has 0 bridgehead atoms. The number of hydrogen-bond donors (Lipinski definition) is 2. The van der Waals surface area contributed by atoms with Crippen molar-refractivity contribution in [2.75, 3.05) is 18.4 Å². The van der Waals surface area contributed by atoms with Crippen molar-refractivity contribution in [3.8, 4) is 0 Å².